The predicted molar refractivity (Wildman–Crippen MR) is 104 cm³/mol. The van der Waals surface area contributed by atoms with E-state index < -0.39 is 11.8 Å². The van der Waals surface area contributed by atoms with Crippen LogP contribution in [-0.2, 0) is 15.0 Å². The Hall–Kier alpha value is -1.79. The van der Waals surface area contributed by atoms with Crippen molar-refractivity contribution in [3.63, 3.8) is 0 Å². The van der Waals surface area contributed by atoms with Crippen LogP contribution in [-0.4, -0.2) is 24.6 Å². The van der Waals surface area contributed by atoms with Gasteiger partial charge in [-0.1, -0.05) is 25.0 Å². The van der Waals surface area contributed by atoms with Crippen LogP contribution in [0.3, 0.4) is 0 Å². The van der Waals surface area contributed by atoms with E-state index >= 15 is 0 Å². The van der Waals surface area contributed by atoms with Crippen LogP contribution < -0.4 is 10.6 Å². The number of amides is 2. The van der Waals surface area contributed by atoms with Gasteiger partial charge in [0.1, 0.15) is 0 Å². The molecule has 1 aliphatic rings. The molecule has 0 saturated heterocycles. The molecule has 2 aromatic rings. The summed E-state index contributed by atoms with van der Waals surface area (Å²) in [4.78, 5) is 25.5. The number of anilines is 1. The van der Waals surface area contributed by atoms with Crippen molar-refractivity contribution in [2.24, 2.45) is 0 Å². The van der Waals surface area contributed by atoms with Crippen LogP contribution in [0.1, 0.15) is 31.2 Å². The number of carbonyl (C=O) groups is 2. The quantitative estimate of drug-likeness (QED) is 0.613. The van der Waals surface area contributed by atoms with Crippen LogP contribution in [0, 0.1) is 0 Å². The van der Waals surface area contributed by atoms with Crippen LogP contribution in [0.25, 0.3) is 0 Å². The van der Waals surface area contributed by atoms with E-state index in [9.17, 15) is 9.59 Å². The highest BCUT2D eigenvalue weighted by Crippen LogP contribution is 2.41. The van der Waals surface area contributed by atoms with E-state index in [1.54, 1.807) is 17.4 Å². The number of thioether (sulfide) groups is 1. The van der Waals surface area contributed by atoms with Crippen molar-refractivity contribution in [2.75, 3.05) is 18.1 Å². The molecule has 1 heterocycles. The lowest BCUT2D eigenvalue weighted by Gasteiger charge is -2.28. The molecule has 0 atom stereocenters. The summed E-state index contributed by atoms with van der Waals surface area (Å²) in [7, 11) is 0. The van der Waals surface area contributed by atoms with Crippen LogP contribution >= 0.6 is 23.1 Å². The van der Waals surface area contributed by atoms with Crippen molar-refractivity contribution in [3.8, 4) is 0 Å². The van der Waals surface area contributed by atoms with Gasteiger partial charge < -0.3 is 10.6 Å². The Kier molecular flexibility index (Phi) is 5.81. The molecule has 1 aromatic carbocycles. The van der Waals surface area contributed by atoms with Crippen LogP contribution in [0.15, 0.2) is 46.0 Å². The standard InChI is InChI=1S/C19H22N2O2S2/c1-24-16-7-3-2-6-15(16)21-18(23)17(22)20-13-19(9-4-5-10-19)14-8-11-25-12-14/h2-3,6-8,11-12H,4-5,9-10,13H2,1H3,(H,20,22)(H,21,23). The molecule has 1 aromatic heterocycles. The number of rotatable bonds is 5. The second kappa shape index (κ2) is 8.06. The molecule has 0 unspecified atom stereocenters. The molecule has 1 fully saturated rings. The number of hydrogen-bond acceptors (Lipinski definition) is 4. The van der Waals surface area contributed by atoms with Gasteiger partial charge in [0.25, 0.3) is 0 Å². The van der Waals surface area contributed by atoms with E-state index in [1.807, 2.05) is 24.5 Å². The van der Waals surface area contributed by atoms with Gasteiger partial charge in [-0.25, -0.2) is 0 Å². The Morgan fingerprint density at radius 2 is 1.92 bits per heavy atom. The molecule has 0 aliphatic heterocycles. The molecule has 0 bridgehead atoms. The van der Waals surface area contributed by atoms with Crippen molar-refractivity contribution in [2.45, 2.75) is 36.0 Å². The molecule has 2 amide bonds. The zero-order chi connectivity index (χ0) is 17.7. The van der Waals surface area contributed by atoms with Gasteiger partial charge in [0, 0.05) is 16.9 Å². The molecule has 132 valence electrons. The molecule has 6 heteroatoms. The SMILES string of the molecule is CSc1ccccc1NC(=O)C(=O)NCC1(c2ccsc2)CCCC1. The predicted octanol–water partition coefficient (Wildman–Crippen LogP) is 4.04. The Labute approximate surface area is 156 Å². The fourth-order valence-corrected chi connectivity index (χ4v) is 4.77. The minimum Gasteiger partial charge on any atom is -0.347 e. The van der Waals surface area contributed by atoms with Gasteiger partial charge in [-0.2, -0.15) is 11.3 Å². The third-order valence-electron chi connectivity index (χ3n) is 4.84. The van der Waals surface area contributed by atoms with Gasteiger partial charge in [0.2, 0.25) is 0 Å². The molecular formula is C19H22N2O2S2. The zero-order valence-electron chi connectivity index (χ0n) is 14.2. The van der Waals surface area contributed by atoms with Gasteiger partial charge >= 0.3 is 11.8 Å². The fraction of sp³-hybridized carbons (Fsp3) is 0.368. The van der Waals surface area contributed by atoms with Gasteiger partial charge in [-0.05, 0) is 53.6 Å². The summed E-state index contributed by atoms with van der Waals surface area (Å²) >= 11 is 3.21. The lowest BCUT2D eigenvalue weighted by molar-refractivity contribution is -0.136. The molecule has 4 nitrogen and oxygen atoms in total. The van der Waals surface area contributed by atoms with Crippen LogP contribution in [0.4, 0.5) is 5.69 Å². The highest BCUT2D eigenvalue weighted by molar-refractivity contribution is 7.98. The minimum absolute atomic E-state index is 0.0207. The van der Waals surface area contributed by atoms with Crippen molar-refractivity contribution in [1.82, 2.24) is 5.32 Å². The summed E-state index contributed by atoms with van der Waals surface area (Å²) < 4.78 is 0. The first-order valence-electron chi connectivity index (χ1n) is 8.39. The number of nitrogens with one attached hydrogen (secondary N) is 2. The van der Waals surface area contributed by atoms with Crippen LogP contribution in [0.2, 0.25) is 0 Å². The van der Waals surface area contributed by atoms with Gasteiger partial charge in [-0.3, -0.25) is 9.59 Å². The first-order chi connectivity index (χ1) is 12.1. The van der Waals surface area contributed by atoms with Crippen molar-refractivity contribution in [1.29, 1.82) is 0 Å². The monoisotopic (exact) mass is 374 g/mol. The highest BCUT2D eigenvalue weighted by atomic mass is 32.2. The third kappa shape index (κ3) is 4.07. The second-order valence-corrected chi connectivity index (χ2v) is 7.96. The molecule has 2 N–H and O–H groups in total. The molecule has 25 heavy (non-hydrogen) atoms. The average molecular weight is 375 g/mol. The Morgan fingerprint density at radius 3 is 2.60 bits per heavy atom. The second-order valence-electron chi connectivity index (χ2n) is 6.34. The molecule has 1 saturated carbocycles. The Balaban J connectivity index is 1.63. The molecule has 1 aliphatic carbocycles. The van der Waals surface area contributed by atoms with E-state index in [4.69, 9.17) is 0 Å². The highest BCUT2D eigenvalue weighted by Gasteiger charge is 2.36. The summed E-state index contributed by atoms with van der Waals surface area (Å²) in [5.74, 6) is -1.18. The van der Waals surface area contributed by atoms with Crippen LogP contribution in [0.5, 0.6) is 0 Å². The smallest absolute Gasteiger partial charge is 0.313 e. The number of hydrogen-bond donors (Lipinski definition) is 2. The number of benzene rings is 1. The van der Waals surface area contributed by atoms with Crippen molar-refractivity contribution in [3.05, 3.63) is 46.7 Å². The first-order valence-corrected chi connectivity index (χ1v) is 10.6. The Morgan fingerprint density at radius 1 is 1.16 bits per heavy atom. The summed E-state index contributed by atoms with van der Waals surface area (Å²) in [6.45, 7) is 0.514. The average Bonchev–Trinajstić information content (AvgIpc) is 3.32. The number of carbonyl (C=O) groups excluding carboxylic acids is 2. The maximum atomic E-state index is 12.3. The molecule has 0 spiro atoms. The normalized spacial score (nSPS) is 15.7. The van der Waals surface area contributed by atoms with E-state index in [1.165, 1.54) is 30.2 Å². The van der Waals surface area contributed by atoms with Gasteiger partial charge in [0.15, 0.2) is 0 Å². The van der Waals surface area contributed by atoms with Crippen molar-refractivity contribution < 1.29 is 9.59 Å². The fourth-order valence-electron chi connectivity index (χ4n) is 3.44. The Bertz CT molecular complexity index is 738. The number of para-hydroxylation sites is 1. The summed E-state index contributed by atoms with van der Waals surface area (Å²) in [6.07, 6.45) is 6.38. The van der Waals surface area contributed by atoms with Crippen molar-refractivity contribution >= 4 is 40.6 Å². The largest absolute Gasteiger partial charge is 0.347 e. The molecular weight excluding hydrogens is 352 g/mol. The zero-order valence-corrected chi connectivity index (χ0v) is 15.8. The third-order valence-corrected chi connectivity index (χ3v) is 6.32. The van der Waals surface area contributed by atoms with E-state index in [0.29, 0.717) is 12.2 Å². The summed E-state index contributed by atoms with van der Waals surface area (Å²) in [5, 5.41) is 9.80. The van der Waals surface area contributed by atoms with Gasteiger partial charge in [-0.15, -0.1) is 11.8 Å². The molecule has 0 radical (unpaired) electrons. The summed E-state index contributed by atoms with van der Waals surface area (Å²) in [6, 6.07) is 9.61. The number of thiophene rings is 1. The van der Waals surface area contributed by atoms with E-state index in [2.05, 4.69) is 27.5 Å². The summed E-state index contributed by atoms with van der Waals surface area (Å²) in [5.41, 5.74) is 1.93. The topological polar surface area (TPSA) is 58.2 Å². The minimum atomic E-state index is -0.611. The van der Waals surface area contributed by atoms with E-state index in [0.717, 1.165) is 17.7 Å². The lowest BCUT2D eigenvalue weighted by Crippen LogP contribution is -2.43. The maximum absolute atomic E-state index is 12.3. The lowest BCUT2D eigenvalue weighted by atomic mass is 9.80. The maximum Gasteiger partial charge on any atom is 0.313 e. The van der Waals surface area contributed by atoms with E-state index in [-0.39, 0.29) is 5.41 Å². The van der Waals surface area contributed by atoms with Gasteiger partial charge in [0.05, 0.1) is 5.69 Å². The molecule has 3 rings (SSSR count). The first kappa shape index (κ1) is 18.0.